The largest absolute Gasteiger partial charge is 0.456 e. The van der Waals surface area contributed by atoms with Crippen molar-refractivity contribution in [3.63, 3.8) is 0 Å². The molecule has 4 aromatic heterocycles. The van der Waals surface area contributed by atoms with Crippen molar-refractivity contribution >= 4 is 76.7 Å². The van der Waals surface area contributed by atoms with Gasteiger partial charge in [0.2, 0.25) is 5.71 Å². The van der Waals surface area contributed by atoms with Crippen molar-refractivity contribution in [3.05, 3.63) is 200 Å². The van der Waals surface area contributed by atoms with Crippen molar-refractivity contribution in [1.82, 2.24) is 14.5 Å². The van der Waals surface area contributed by atoms with Crippen LogP contribution in [-0.4, -0.2) is 14.5 Å². The lowest BCUT2D eigenvalue weighted by molar-refractivity contribution is 0.654. The molecule has 0 aliphatic rings. The Hall–Kier alpha value is -8.28. The van der Waals surface area contributed by atoms with E-state index in [0.29, 0.717) is 11.2 Å². The predicted molar refractivity (Wildman–Crippen MR) is 250 cm³/mol. The SMILES string of the molecule is c1ccc(-c2cc3oc4nc(-c5ccc6oc7ccccc7c6c5)c(-c5cccc(-n6c7ccccc7c7cc8ccccc8cc76)c5)nc4c3cc2-c2ccccc2)cc1. The summed E-state index contributed by atoms with van der Waals surface area (Å²) in [5.74, 6) is 0. The Bertz CT molecular complexity index is 3880. The van der Waals surface area contributed by atoms with Crippen molar-refractivity contribution in [2.24, 2.45) is 0 Å². The molecular weight excluding hydrogens is 747 g/mol. The van der Waals surface area contributed by atoms with E-state index in [1.54, 1.807) is 0 Å². The van der Waals surface area contributed by atoms with Gasteiger partial charge in [-0.25, -0.2) is 9.97 Å². The van der Waals surface area contributed by atoms with E-state index in [1.165, 1.54) is 21.5 Å². The molecule has 0 radical (unpaired) electrons. The molecule has 5 heteroatoms. The minimum absolute atomic E-state index is 0.487. The highest BCUT2D eigenvalue weighted by atomic mass is 16.3. The van der Waals surface area contributed by atoms with Crippen LogP contribution in [-0.2, 0) is 0 Å². The third-order valence-corrected chi connectivity index (χ3v) is 12.2. The van der Waals surface area contributed by atoms with Crippen molar-refractivity contribution in [2.45, 2.75) is 0 Å². The Labute approximate surface area is 349 Å². The third kappa shape index (κ3) is 5.27. The monoisotopic (exact) mass is 779 g/mol. The molecule has 0 fully saturated rings. The average molecular weight is 780 g/mol. The van der Waals surface area contributed by atoms with Gasteiger partial charge in [-0.15, -0.1) is 0 Å². The predicted octanol–water partition coefficient (Wildman–Crippen LogP) is 15.2. The molecule has 0 saturated carbocycles. The van der Waals surface area contributed by atoms with E-state index in [1.807, 2.05) is 30.3 Å². The molecule has 0 saturated heterocycles. The molecule has 0 amide bonds. The molecule has 0 unspecified atom stereocenters. The van der Waals surface area contributed by atoms with Crippen LogP contribution in [0.25, 0.3) is 127 Å². The van der Waals surface area contributed by atoms with Gasteiger partial charge in [-0.05, 0) is 99.8 Å². The Kier molecular flexibility index (Phi) is 7.24. The van der Waals surface area contributed by atoms with Crippen LogP contribution in [0.2, 0.25) is 0 Å². The summed E-state index contributed by atoms with van der Waals surface area (Å²) in [5.41, 5.74) is 14.7. The smallest absolute Gasteiger partial charge is 0.246 e. The first-order valence-electron chi connectivity index (χ1n) is 20.6. The van der Waals surface area contributed by atoms with Crippen LogP contribution in [0.5, 0.6) is 0 Å². The van der Waals surface area contributed by atoms with Gasteiger partial charge in [-0.3, -0.25) is 0 Å². The maximum atomic E-state index is 6.72. The summed E-state index contributed by atoms with van der Waals surface area (Å²) >= 11 is 0. The fraction of sp³-hybridized carbons (Fsp3) is 0. The standard InChI is InChI=1S/C56H33N3O2/c1-3-14-34(15-4-1)43-32-47-52(33-44(43)35-16-5-2-6-17-35)61-56-55(47)57-53(54(58-56)39-26-27-51-46(30-39)42-23-10-12-25-50(42)60-51)38-20-13-21-40(28-38)59-48-24-11-9-22-41(48)45-29-36-18-7-8-19-37(36)31-49(45)59/h1-33H. The van der Waals surface area contributed by atoms with E-state index >= 15 is 0 Å². The summed E-state index contributed by atoms with van der Waals surface area (Å²) in [6, 6.07) is 70.4. The first-order chi connectivity index (χ1) is 30.2. The Morgan fingerprint density at radius 1 is 0.344 bits per heavy atom. The fourth-order valence-electron chi connectivity index (χ4n) is 9.33. The van der Waals surface area contributed by atoms with Gasteiger partial charge in [0.1, 0.15) is 28.0 Å². The van der Waals surface area contributed by atoms with Crippen LogP contribution in [0.4, 0.5) is 0 Å². The lowest BCUT2D eigenvalue weighted by Crippen LogP contribution is -1.97. The van der Waals surface area contributed by atoms with Crippen molar-refractivity contribution in [1.29, 1.82) is 0 Å². The zero-order chi connectivity index (χ0) is 40.0. The van der Waals surface area contributed by atoms with Crippen molar-refractivity contribution in [2.75, 3.05) is 0 Å². The third-order valence-electron chi connectivity index (χ3n) is 12.2. The number of rotatable bonds is 5. The summed E-state index contributed by atoms with van der Waals surface area (Å²) in [6.45, 7) is 0. The number of furan rings is 2. The summed E-state index contributed by atoms with van der Waals surface area (Å²) in [4.78, 5) is 11.0. The van der Waals surface area contributed by atoms with Gasteiger partial charge in [-0.1, -0.05) is 133 Å². The van der Waals surface area contributed by atoms with Gasteiger partial charge < -0.3 is 13.4 Å². The molecule has 0 spiro atoms. The minimum Gasteiger partial charge on any atom is -0.456 e. The maximum Gasteiger partial charge on any atom is 0.246 e. The second kappa shape index (κ2) is 13.1. The summed E-state index contributed by atoms with van der Waals surface area (Å²) in [6.07, 6.45) is 0. The normalized spacial score (nSPS) is 11.9. The molecular formula is C56H33N3O2. The molecule has 0 atom stereocenters. The van der Waals surface area contributed by atoms with E-state index in [9.17, 15) is 0 Å². The second-order valence-electron chi connectivity index (χ2n) is 15.7. The molecule has 13 rings (SSSR count). The van der Waals surface area contributed by atoms with Crippen molar-refractivity contribution < 1.29 is 8.83 Å². The van der Waals surface area contributed by atoms with Crippen LogP contribution in [0, 0.1) is 0 Å². The lowest BCUT2D eigenvalue weighted by atomic mass is 9.93. The number of benzene rings is 9. The minimum atomic E-state index is 0.487. The van der Waals surface area contributed by atoms with Gasteiger partial charge in [0.25, 0.3) is 0 Å². The Balaban J connectivity index is 1.08. The molecule has 4 heterocycles. The highest BCUT2D eigenvalue weighted by Gasteiger charge is 2.22. The van der Waals surface area contributed by atoms with E-state index in [4.69, 9.17) is 18.8 Å². The molecule has 0 aliphatic heterocycles. The van der Waals surface area contributed by atoms with Crippen LogP contribution in [0.1, 0.15) is 0 Å². The number of hydrogen-bond acceptors (Lipinski definition) is 4. The fourth-order valence-corrected chi connectivity index (χ4v) is 9.33. The zero-order valence-electron chi connectivity index (χ0n) is 32.7. The number of aromatic nitrogens is 3. The topological polar surface area (TPSA) is 57.0 Å². The molecule has 284 valence electrons. The van der Waals surface area contributed by atoms with Crippen LogP contribution < -0.4 is 0 Å². The number of para-hydroxylation sites is 2. The number of fused-ring (bicyclic) bond motifs is 10. The van der Waals surface area contributed by atoms with E-state index in [-0.39, 0.29) is 0 Å². The van der Waals surface area contributed by atoms with Gasteiger partial charge in [0, 0.05) is 43.7 Å². The highest BCUT2D eigenvalue weighted by Crippen LogP contribution is 2.43. The van der Waals surface area contributed by atoms with E-state index in [0.717, 1.165) is 94.4 Å². The number of nitrogens with zero attached hydrogens (tertiary/aromatic N) is 3. The molecule has 0 aliphatic carbocycles. The van der Waals surface area contributed by atoms with Crippen LogP contribution in [0.15, 0.2) is 209 Å². The van der Waals surface area contributed by atoms with Gasteiger partial charge >= 0.3 is 0 Å². The average Bonchev–Trinajstić information content (AvgIpc) is 3.99. The first-order valence-corrected chi connectivity index (χ1v) is 20.6. The maximum absolute atomic E-state index is 6.72. The Morgan fingerprint density at radius 2 is 0.984 bits per heavy atom. The lowest BCUT2D eigenvalue weighted by Gasteiger charge is -2.13. The summed E-state index contributed by atoms with van der Waals surface area (Å²) < 4.78 is 15.4. The molecule has 61 heavy (non-hydrogen) atoms. The molecule has 13 aromatic rings. The molecule has 9 aromatic carbocycles. The van der Waals surface area contributed by atoms with Crippen LogP contribution in [0.3, 0.4) is 0 Å². The summed E-state index contributed by atoms with van der Waals surface area (Å²) in [5, 5.41) is 7.85. The quantitative estimate of drug-likeness (QED) is 0.175. The first kappa shape index (κ1) is 33.7. The van der Waals surface area contributed by atoms with Gasteiger partial charge in [0.05, 0.1) is 16.7 Å². The van der Waals surface area contributed by atoms with Gasteiger partial charge in [-0.2, -0.15) is 0 Å². The van der Waals surface area contributed by atoms with Gasteiger partial charge in [0.15, 0.2) is 0 Å². The van der Waals surface area contributed by atoms with E-state index < -0.39 is 0 Å². The Morgan fingerprint density at radius 3 is 1.80 bits per heavy atom. The summed E-state index contributed by atoms with van der Waals surface area (Å²) in [7, 11) is 0. The molecule has 0 N–H and O–H groups in total. The molecule has 5 nitrogen and oxygen atoms in total. The second-order valence-corrected chi connectivity index (χ2v) is 15.7. The van der Waals surface area contributed by atoms with Crippen molar-refractivity contribution in [3.8, 4) is 50.5 Å². The van der Waals surface area contributed by atoms with Crippen LogP contribution >= 0.6 is 0 Å². The molecule has 0 bridgehead atoms. The van der Waals surface area contributed by atoms with E-state index in [2.05, 4.69) is 174 Å². The zero-order valence-corrected chi connectivity index (χ0v) is 32.7. The number of hydrogen-bond donors (Lipinski definition) is 0. The highest BCUT2D eigenvalue weighted by molar-refractivity contribution is 6.14.